The molecular weight excluding hydrogens is 274 g/mol. The maximum atomic E-state index is 12.0. The fourth-order valence-electron chi connectivity index (χ4n) is 2.24. The molecule has 2 N–H and O–H groups in total. The standard InChI is InChI=1S/C14H23N3O4/c1-14(2,3)21-13(19)17-6-10(12(18)7-17)4-15-5-11-8-20-9-16-11/h8-10,12,15,18H,4-7H2,1-3H3/t10-,12+/m0/s1. The summed E-state index contributed by atoms with van der Waals surface area (Å²) in [7, 11) is 0. The third-order valence-electron chi connectivity index (χ3n) is 3.25. The van der Waals surface area contributed by atoms with Gasteiger partial charge in [0, 0.05) is 25.6 Å². The van der Waals surface area contributed by atoms with E-state index in [4.69, 9.17) is 9.15 Å². The Bertz CT molecular complexity index is 455. The van der Waals surface area contributed by atoms with E-state index in [1.165, 1.54) is 6.39 Å². The topological polar surface area (TPSA) is 87.8 Å². The number of rotatable bonds is 4. The van der Waals surface area contributed by atoms with Gasteiger partial charge in [-0.3, -0.25) is 0 Å². The van der Waals surface area contributed by atoms with E-state index in [0.717, 1.165) is 5.69 Å². The number of aromatic nitrogens is 1. The third kappa shape index (κ3) is 4.71. The van der Waals surface area contributed by atoms with Gasteiger partial charge in [0.2, 0.25) is 0 Å². The van der Waals surface area contributed by atoms with Gasteiger partial charge in [0.1, 0.15) is 11.9 Å². The Labute approximate surface area is 124 Å². The zero-order chi connectivity index (χ0) is 15.5. The number of nitrogens with zero attached hydrogens (tertiary/aromatic N) is 2. The first-order chi connectivity index (χ1) is 9.85. The van der Waals surface area contributed by atoms with Crippen molar-refractivity contribution in [2.45, 2.75) is 39.0 Å². The molecule has 7 nitrogen and oxygen atoms in total. The lowest BCUT2D eigenvalue weighted by atomic mass is 10.1. The van der Waals surface area contributed by atoms with Gasteiger partial charge in [0.25, 0.3) is 0 Å². The molecule has 2 rings (SSSR count). The van der Waals surface area contributed by atoms with Crippen LogP contribution in [0.3, 0.4) is 0 Å². The van der Waals surface area contributed by atoms with Crippen molar-refractivity contribution in [3.63, 3.8) is 0 Å². The molecule has 0 spiro atoms. The Morgan fingerprint density at radius 3 is 2.95 bits per heavy atom. The Kier molecular flexibility index (Phi) is 4.84. The predicted octanol–water partition coefficient (Wildman–Crippen LogP) is 0.992. The fraction of sp³-hybridized carbons (Fsp3) is 0.714. The number of ether oxygens (including phenoxy) is 1. The summed E-state index contributed by atoms with van der Waals surface area (Å²) in [5.74, 6) is -0.00980. The normalized spacial score (nSPS) is 22.6. The molecule has 0 bridgehead atoms. The van der Waals surface area contributed by atoms with Crippen LogP contribution in [0.2, 0.25) is 0 Å². The maximum absolute atomic E-state index is 12.0. The lowest BCUT2D eigenvalue weighted by Gasteiger charge is -2.24. The van der Waals surface area contributed by atoms with E-state index in [9.17, 15) is 9.90 Å². The Hall–Kier alpha value is -1.60. The predicted molar refractivity (Wildman–Crippen MR) is 75.5 cm³/mol. The Morgan fingerprint density at radius 2 is 2.33 bits per heavy atom. The van der Waals surface area contributed by atoms with E-state index in [0.29, 0.717) is 26.2 Å². The zero-order valence-corrected chi connectivity index (χ0v) is 12.7. The van der Waals surface area contributed by atoms with Crippen LogP contribution in [0, 0.1) is 5.92 Å². The van der Waals surface area contributed by atoms with Gasteiger partial charge >= 0.3 is 6.09 Å². The van der Waals surface area contributed by atoms with Crippen molar-refractivity contribution in [2.75, 3.05) is 19.6 Å². The van der Waals surface area contributed by atoms with Crippen LogP contribution in [0.5, 0.6) is 0 Å². The van der Waals surface area contributed by atoms with Crippen LogP contribution in [0.15, 0.2) is 17.1 Å². The summed E-state index contributed by atoms with van der Waals surface area (Å²) in [5, 5.41) is 13.2. The number of nitrogens with one attached hydrogen (secondary N) is 1. The van der Waals surface area contributed by atoms with Crippen molar-refractivity contribution >= 4 is 6.09 Å². The van der Waals surface area contributed by atoms with Crippen LogP contribution < -0.4 is 5.32 Å². The Balaban J connectivity index is 1.76. The van der Waals surface area contributed by atoms with Gasteiger partial charge in [0.15, 0.2) is 6.39 Å². The molecule has 0 aliphatic carbocycles. The monoisotopic (exact) mass is 297 g/mol. The number of β-amino-alcohol motifs (C(OH)–C–C–N with tert-alkyl or cyclic N) is 1. The molecule has 1 amide bonds. The highest BCUT2D eigenvalue weighted by Gasteiger charge is 2.35. The first kappa shape index (κ1) is 15.8. The van der Waals surface area contributed by atoms with Crippen molar-refractivity contribution in [1.29, 1.82) is 0 Å². The van der Waals surface area contributed by atoms with E-state index in [2.05, 4.69) is 10.3 Å². The molecule has 2 heterocycles. The van der Waals surface area contributed by atoms with Crippen molar-refractivity contribution in [1.82, 2.24) is 15.2 Å². The molecule has 7 heteroatoms. The largest absolute Gasteiger partial charge is 0.451 e. The summed E-state index contributed by atoms with van der Waals surface area (Å²) >= 11 is 0. The number of hydrogen-bond donors (Lipinski definition) is 2. The number of aliphatic hydroxyl groups is 1. The summed E-state index contributed by atoms with van der Waals surface area (Å²) in [6.45, 7) is 7.46. The lowest BCUT2D eigenvalue weighted by Crippen LogP contribution is -2.36. The summed E-state index contributed by atoms with van der Waals surface area (Å²) in [5.41, 5.74) is 0.289. The highest BCUT2D eigenvalue weighted by Crippen LogP contribution is 2.19. The molecule has 2 atom stereocenters. The number of carbonyl (C=O) groups is 1. The first-order valence-corrected chi connectivity index (χ1v) is 7.09. The minimum absolute atomic E-state index is 0.00980. The first-order valence-electron chi connectivity index (χ1n) is 7.09. The summed E-state index contributed by atoms with van der Waals surface area (Å²) in [6, 6.07) is 0. The van der Waals surface area contributed by atoms with Crippen LogP contribution in [-0.4, -0.2) is 52.4 Å². The third-order valence-corrected chi connectivity index (χ3v) is 3.25. The van der Waals surface area contributed by atoms with Gasteiger partial charge in [-0.1, -0.05) is 0 Å². The molecule has 0 saturated carbocycles. The second-order valence-electron chi connectivity index (χ2n) is 6.32. The average Bonchev–Trinajstić information content (AvgIpc) is 2.98. The van der Waals surface area contributed by atoms with Crippen LogP contribution in [0.1, 0.15) is 26.5 Å². The molecule has 1 aromatic rings. The van der Waals surface area contributed by atoms with Crippen molar-refractivity contribution in [3.05, 3.63) is 18.4 Å². The van der Waals surface area contributed by atoms with Gasteiger partial charge < -0.3 is 24.5 Å². The minimum atomic E-state index is -0.540. The van der Waals surface area contributed by atoms with Crippen LogP contribution in [0.4, 0.5) is 4.79 Å². The van der Waals surface area contributed by atoms with E-state index < -0.39 is 11.7 Å². The molecule has 1 aliphatic heterocycles. The van der Waals surface area contributed by atoms with Crippen LogP contribution in [-0.2, 0) is 11.3 Å². The van der Waals surface area contributed by atoms with Gasteiger partial charge in [-0.15, -0.1) is 0 Å². The average molecular weight is 297 g/mol. The summed E-state index contributed by atoms with van der Waals surface area (Å²) in [6.07, 6.45) is 2.04. The van der Waals surface area contributed by atoms with E-state index >= 15 is 0 Å². The van der Waals surface area contributed by atoms with Gasteiger partial charge in [-0.2, -0.15) is 0 Å². The number of amides is 1. The van der Waals surface area contributed by atoms with Crippen LogP contribution >= 0.6 is 0 Å². The highest BCUT2D eigenvalue weighted by molar-refractivity contribution is 5.68. The molecule has 21 heavy (non-hydrogen) atoms. The van der Waals surface area contributed by atoms with Crippen LogP contribution in [0.25, 0.3) is 0 Å². The number of carbonyl (C=O) groups excluding carboxylic acids is 1. The molecular formula is C14H23N3O4. The number of hydrogen-bond acceptors (Lipinski definition) is 6. The molecule has 0 unspecified atom stereocenters. The van der Waals surface area contributed by atoms with Crippen molar-refractivity contribution in [3.8, 4) is 0 Å². The summed E-state index contributed by atoms with van der Waals surface area (Å²) in [4.78, 5) is 17.5. The Morgan fingerprint density at radius 1 is 1.57 bits per heavy atom. The molecule has 1 saturated heterocycles. The second-order valence-corrected chi connectivity index (χ2v) is 6.32. The minimum Gasteiger partial charge on any atom is -0.451 e. The molecule has 118 valence electrons. The number of aliphatic hydroxyl groups excluding tert-OH is 1. The lowest BCUT2D eigenvalue weighted by molar-refractivity contribution is 0.0270. The smallest absolute Gasteiger partial charge is 0.410 e. The molecule has 0 radical (unpaired) electrons. The zero-order valence-electron chi connectivity index (χ0n) is 12.7. The van der Waals surface area contributed by atoms with Crippen molar-refractivity contribution in [2.24, 2.45) is 5.92 Å². The molecule has 0 aromatic carbocycles. The molecule has 1 fully saturated rings. The number of oxazole rings is 1. The second kappa shape index (κ2) is 6.44. The van der Waals surface area contributed by atoms with Crippen molar-refractivity contribution < 1.29 is 19.1 Å². The van der Waals surface area contributed by atoms with E-state index in [1.54, 1.807) is 11.2 Å². The maximum Gasteiger partial charge on any atom is 0.410 e. The molecule has 1 aliphatic rings. The summed E-state index contributed by atoms with van der Waals surface area (Å²) < 4.78 is 10.2. The number of likely N-dealkylation sites (tertiary alicyclic amines) is 1. The van der Waals surface area contributed by atoms with E-state index in [1.807, 2.05) is 20.8 Å². The van der Waals surface area contributed by atoms with E-state index in [-0.39, 0.29) is 12.0 Å². The van der Waals surface area contributed by atoms with Gasteiger partial charge in [-0.05, 0) is 20.8 Å². The highest BCUT2D eigenvalue weighted by atomic mass is 16.6. The quantitative estimate of drug-likeness (QED) is 0.862. The fourth-order valence-corrected chi connectivity index (χ4v) is 2.24. The van der Waals surface area contributed by atoms with Gasteiger partial charge in [0.05, 0.1) is 18.3 Å². The van der Waals surface area contributed by atoms with Gasteiger partial charge in [-0.25, -0.2) is 9.78 Å². The molecule has 1 aromatic heterocycles. The SMILES string of the molecule is CC(C)(C)OC(=O)N1C[C@H](CNCc2cocn2)[C@H](O)C1.